The molecule has 3 aromatic rings. The van der Waals surface area contributed by atoms with Crippen molar-refractivity contribution in [3.63, 3.8) is 0 Å². The van der Waals surface area contributed by atoms with Crippen molar-refractivity contribution in [2.24, 2.45) is 0 Å². The van der Waals surface area contributed by atoms with Crippen LogP contribution in [0, 0.1) is 0 Å². The predicted molar refractivity (Wildman–Crippen MR) is 127 cm³/mol. The molecule has 178 valence electrons. The first-order valence-corrected chi connectivity index (χ1v) is 12.9. The maximum atomic E-state index is 12.9. The van der Waals surface area contributed by atoms with Crippen LogP contribution in [0.4, 0.5) is 5.13 Å². The number of hydrogen-bond acceptors (Lipinski definition) is 8. The minimum Gasteiger partial charge on any atom is -0.462 e. The van der Waals surface area contributed by atoms with Gasteiger partial charge in [0.05, 0.1) is 30.4 Å². The van der Waals surface area contributed by atoms with Crippen molar-refractivity contribution < 1.29 is 27.5 Å². The van der Waals surface area contributed by atoms with Gasteiger partial charge in [0.2, 0.25) is 10.0 Å². The summed E-state index contributed by atoms with van der Waals surface area (Å²) in [7, 11) is -3.75. The molecule has 0 spiro atoms. The number of anilines is 1. The fourth-order valence-corrected chi connectivity index (χ4v) is 5.73. The summed E-state index contributed by atoms with van der Waals surface area (Å²) in [4.78, 5) is 30.1. The highest BCUT2D eigenvalue weighted by atomic mass is 32.2. The average molecular weight is 502 g/mol. The van der Waals surface area contributed by atoms with Gasteiger partial charge < -0.3 is 9.47 Å². The van der Waals surface area contributed by atoms with E-state index in [1.165, 1.54) is 28.6 Å². The minimum atomic E-state index is -3.75. The zero-order chi connectivity index (χ0) is 24.1. The van der Waals surface area contributed by atoms with Crippen molar-refractivity contribution in [1.29, 1.82) is 0 Å². The van der Waals surface area contributed by atoms with E-state index in [-0.39, 0.29) is 40.2 Å². The highest BCUT2D eigenvalue weighted by Gasteiger charge is 2.27. The predicted octanol–water partition coefficient (Wildman–Crippen LogP) is 3.26. The summed E-state index contributed by atoms with van der Waals surface area (Å²) in [5.41, 5.74) is 1.27. The quantitative estimate of drug-likeness (QED) is 0.494. The van der Waals surface area contributed by atoms with Crippen LogP contribution in [-0.4, -0.2) is 62.5 Å². The Morgan fingerprint density at radius 2 is 1.85 bits per heavy atom. The van der Waals surface area contributed by atoms with Crippen LogP contribution in [0.1, 0.15) is 27.0 Å². The molecule has 1 N–H and O–H groups in total. The summed E-state index contributed by atoms with van der Waals surface area (Å²) in [5, 5.41) is 2.88. The highest BCUT2D eigenvalue weighted by molar-refractivity contribution is 7.89. The largest absolute Gasteiger partial charge is 0.462 e. The third-order valence-corrected chi connectivity index (χ3v) is 7.91. The number of thiazole rings is 1. The Morgan fingerprint density at radius 3 is 2.56 bits per heavy atom. The summed E-state index contributed by atoms with van der Waals surface area (Å²) in [6.45, 7) is 3.10. The van der Waals surface area contributed by atoms with E-state index in [1.54, 1.807) is 6.92 Å². The summed E-state index contributed by atoms with van der Waals surface area (Å²) >= 11 is 1.000. The Kier molecular flexibility index (Phi) is 7.37. The fourth-order valence-electron chi connectivity index (χ4n) is 3.40. The number of nitrogens with zero attached hydrogens (tertiary/aromatic N) is 2. The zero-order valence-electron chi connectivity index (χ0n) is 18.4. The van der Waals surface area contributed by atoms with Crippen LogP contribution in [0.2, 0.25) is 0 Å². The number of nitrogens with one attached hydrogen (secondary N) is 1. The van der Waals surface area contributed by atoms with Crippen molar-refractivity contribution in [1.82, 2.24) is 9.29 Å². The molecule has 0 radical (unpaired) electrons. The van der Waals surface area contributed by atoms with Crippen molar-refractivity contribution in [2.45, 2.75) is 11.8 Å². The molecule has 0 atom stereocenters. The lowest BCUT2D eigenvalue weighted by atomic mass is 10.1. The van der Waals surface area contributed by atoms with E-state index in [2.05, 4.69) is 10.3 Å². The minimum absolute atomic E-state index is 0.0263. The number of sulfonamides is 1. The number of carbonyl (C=O) groups excluding carboxylic acids is 2. The van der Waals surface area contributed by atoms with Crippen LogP contribution in [0.3, 0.4) is 0 Å². The van der Waals surface area contributed by atoms with Gasteiger partial charge in [-0.1, -0.05) is 47.7 Å². The molecule has 1 saturated heterocycles. The van der Waals surface area contributed by atoms with Crippen molar-refractivity contribution in [3.05, 3.63) is 65.0 Å². The molecule has 0 unspecified atom stereocenters. The number of ether oxygens (including phenoxy) is 2. The van der Waals surface area contributed by atoms with Gasteiger partial charge >= 0.3 is 5.97 Å². The monoisotopic (exact) mass is 501 g/mol. The van der Waals surface area contributed by atoms with Crippen molar-refractivity contribution >= 4 is 38.4 Å². The molecule has 2 aromatic carbocycles. The van der Waals surface area contributed by atoms with E-state index in [4.69, 9.17) is 9.47 Å². The van der Waals surface area contributed by atoms with Gasteiger partial charge in [-0.25, -0.2) is 18.2 Å². The zero-order valence-corrected chi connectivity index (χ0v) is 20.0. The third kappa shape index (κ3) is 5.17. The summed E-state index contributed by atoms with van der Waals surface area (Å²) in [6, 6.07) is 14.9. The lowest BCUT2D eigenvalue weighted by molar-refractivity contribution is 0.0532. The van der Waals surface area contributed by atoms with Gasteiger partial charge in [0.25, 0.3) is 5.91 Å². The Balaban J connectivity index is 1.59. The first kappa shape index (κ1) is 24.0. The number of benzene rings is 2. The Morgan fingerprint density at radius 1 is 1.12 bits per heavy atom. The number of rotatable bonds is 7. The first-order valence-electron chi connectivity index (χ1n) is 10.6. The average Bonchev–Trinajstić information content (AvgIpc) is 3.29. The summed E-state index contributed by atoms with van der Waals surface area (Å²) < 4.78 is 37.6. The molecule has 34 heavy (non-hydrogen) atoms. The molecule has 0 aliphatic carbocycles. The van der Waals surface area contributed by atoms with E-state index in [0.29, 0.717) is 24.5 Å². The third-order valence-electron chi connectivity index (χ3n) is 5.06. The number of hydrogen-bond donors (Lipinski definition) is 1. The Hall–Kier alpha value is -3.12. The molecule has 0 saturated carbocycles. The van der Waals surface area contributed by atoms with E-state index in [0.717, 1.165) is 11.3 Å². The summed E-state index contributed by atoms with van der Waals surface area (Å²) in [6.07, 6.45) is 0. The molecular formula is C23H23N3O6S2. The van der Waals surface area contributed by atoms with E-state index in [9.17, 15) is 18.0 Å². The van der Waals surface area contributed by atoms with Crippen LogP contribution < -0.4 is 5.32 Å². The molecule has 1 aliphatic rings. The normalized spacial score (nSPS) is 14.5. The molecular weight excluding hydrogens is 478 g/mol. The van der Waals surface area contributed by atoms with Gasteiger partial charge in [-0.2, -0.15) is 4.31 Å². The van der Waals surface area contributed by atoms with Crippen LogP contribution in [0.15, 0.2) is 59.5 Å². The molecule has 2 heterocycles. The smallest absolute Gasteiger partial charge is 0.350 e. The number of carbonyl (C=O) groups is 2. The lowest BCUT2D eigenvalue weighted by Gasteiger charge is -2.26. The number of morpholine rings is 1. The number of esters is 1. The fraction of sp³-hybridized carbons (Fsp3) is 0.261. The van der Waals surface area contributed by atoms with Crippen LogP contribution in [0.5, 0.6) is 0 Å². The second-order valence-electron chi connectivity index (χ2n) is 7.28. The molecule has 4 rings (SSSR count). The van der Waals surface area contributed by atoms with Gasteiger partial charge in [-0.15, -0.1) is 0 Å². The van der Waals surface area contributed by atoms with E-state index in [1.807, 2.05) is 30.3 Å². The maximum absolute atomic E-state index is 12.9. The van der Waals surface area contributed by atoms with Crippen LogP contribution in [0.25, 0.3) is 11.3 Å². The highest BCUT2D eigenvalue weighted by Crippen LogP contribution is 2.32. The molecule has 11 heteroatoms. The van der Waals surface area contributed by atoms with Crippen molar-refractivity contribution in [2.75, 3.05) is 38.2 Å². The van der Waals surface area contributed by atoms with Crippen LogP contribution >= 0.6 is 11.3 Å². The number of aromatic nitrogens is 1. The van der Waals surface area contributed by atoms with Crippen molar-refractivity contribution in [3.8, 4) is 11.3 Å². The maximum Gasteiger partial charge on any atom is 0.350 e. The SMILES string of the molecule is CCOC(=O)c1sc(NC(=O)c2cccc(S(=O)(=O)N3CCOCC3)c2)nc1-c1ccccc1. The molecule has 9 nitrogen and oxygen atoms in total. The second kappa shape index (κ2) is 10.4. The summed E-state index contributed by atoms with van der Waals surface area (Å²) in [5.74, 6) is -1.07. The molecule has 1 amide bonds. The van der Waals surface area contributed by atoms with Gasteiger partial charge in [0, 0.05) is 24.2 Å². The topological polar surface area (TPSA) is 115 Å². The van der Waals surface area contributed by atoms with Gasteiger partial charge in [-0.05, 0) is 25.1 Å². The van der Waals surface area contributed by atoms with E-state index < -0.39 is 21.9 Å². The number of amides is 1. The molecule has 1 fully saturated rings. The van der Waals surface area contributed by atoms with Gasteiger partial charge in [0.1, 0.15) is 4.88 Å². The van der Waals surface area contributed by atoms with Gasteiger partial charge in [0.15, 0.2) is 5.13 Å². The molecule has 1 aromatic heterocycles. The molecule has 1 aliphatic heterocycles. The molecule has 0 bridgehead atoms. The first-order chi connectivity index (χ1) is 16.4. The van der Waals surface area contributed by atoms with Gasteiger partial charge in [-0.3, -0.25) is 10.1 Å². The van der Waals surface area contributed by atoms with E-state index >= 15 is 0 Å². The lowest BCUT2D eigenvalue weighted by Crippen LogP contribution is -2.40. The second-order valence-corrected chi connectivity index (χ2v) is 10.2. The standard InChI is InChI=1S/C23H23N3O6S2/c1-2-32-22(28)20-19(16-7-4-3-5-8-16)24-23(33-20)25-21(27)17-9-6-10-18(15-17)34(29,30)26-11-13-31-14-12-26/h3-10,15H,2,11-14H2,1H3,(H,24,25,27). The Bertz CT molecular complexity index is 1290. The Labute approximate surface area is 201 Å². The van der Waals surface area contributed by atoms with Crippen LogP contribution in [-0.2, 0) is 19.5 Å².